The van der Waals surface area contributed by atoms with Crippen LogP contribution >= 0.6 is 0 Å². The summed E-state index contributed by atoms with van der Waals surface area (Å²) in [6, 6.07) is 77.4. The summed E-state index contributed by atoms with van der Waals surface area (Å²) in [7, 11) is 0. The van der Waals surface area contributed by atoms with Gasteiger partial charge in [-0.15, -0.1) is 0 Å². The second-order valence-corrected chi connectivity index (χ2v) is 17.5. The molecule has 61 heavy (non-hydrogen) atoms. The molecule has 0 N–H and O–H groups in total. The van der Waals surface area contributed by atoms with Crippen molar-refractivity contribution in [3.8, 4) is 44.5 Å². The van der Waals surface area contributed by atoms with E-state index in [0.29, 0.717) is 0 Å². The monoisotopic (exact) mass is 772 g/mol. The average molecular weight is 773 g/mol. The predicted molar refractivity (Wildman–Crippen MR) is 263 cm³/mol. The molecule has 0 spiro atoms. The van der Waals surface area contributed by atoms with Gasteiger partial charge in [-0.05, 0) is 155 Å². The highest BCUT2D eigenvalue weighted by molar-refractivity contribution is 6.33. The molecule has 12 aromatic carbocycles. The molecule has 0 aliphatic heterocycles. The molecular formula is C61H40. The zero-order chi connectivity index (χ0) is 40.4. The van der Waals surface area contributed by atoms with E-state index in [1.54, 1.807) is 0 Å². The quantitative estimate of drug-likeness (QED) is 0.157. The Labute approximate surface area is 355 Å². The Kier molecular flexibility index (Phi) is 7.17. The molecule has 0 bridgehead atoms. The first-order chi connectivity index (χ1) is 30.0. The Hall–Kier alpha value is -7.54. The molecule has 1 aliphatic carbocycles. The molecular weight excluding hydrogens is 733 g/mol. The molecule has 0 saturated heterocycles. The lowest BCUT2D eigenvalue weighted by molar-refractivity contribution is 0.661. The molecule has 0 amide bonds. The summed E-state index contributed by atoms with van der Waals surface area (Å²) in [5.74, 6) is 0. The van der Waals surface area contributed by atoms with Gasteiger partial charge in [-0.2, -0.15) is 0 Å². The molecule has 0 nitrogen and oxygen atoms in total. The largest absolute Gasteiger partial charge is 0.0616 e. The standard InChI is InChI=1S/C61H40/c1-61(2)58-34-38(29-31-51(58)52-32-30-39(35-59(52)61)55-33-37-15-3-4-16-40(37)42-17-5-7-20-47(42)55)41-25-13-27-45-43(41)26-14-28-48(45)56-36-57-49-21-8-6-18-44(49)46-19-9-11-23-53(46)60(57)54-24-12-10-22-50(54)56/h3-36H,1-2H3. The fourth-order valence-electron chi connectivity index (χ4n) is 11.2. The van der Waals surface area contributed by atoms with Gasteiger partial charge in [0.1, 0.15) is 0 Å². The Bertz CT molecular complexity index is 3840. The van der Waals surface area contributed by atoms with Crippen LogP contribution in [0, 0.1) is 0 Å². The van der Waals surface area contributed by atoms with Crippen molar-refractivity contribution in [1.82, 2.24) is 0 Å². The summed E-state index contributed by atoms with van der Waals surface area (Å²) in [6.45, 7) is 4.81. The molecule has 0 radical (unpaired) electrons. The zero-order valence-corrected chi connectivity index (χ0v) is 34.1. The minimum Gasteiger partial charge on any atom is -0.0616 e. The van der Waals surface area contributed by atoms with E-state index in [1.807, 2.05) is 0 Å². The minimum absolute atomic E-state index is 0.171. The van der Waals surface area contributed by atoms with Crippen molar-refractivity contribution >= 4 is 75.4 Å². The third-order valence-electron chi connectivity index (χ3n) is 14.0. The van der Waals surface area contributed by atoms with Crippen molar-refractivity contribution in [3.05, 3.63) is 217 Å². The van der Waals surface area contributed by atoms with Gasteiger partial charge in [-0.25, -0.2) is 0 Å². The molecule has 0 fully saturated rings. The van der Waals surface area contributed by atoms with E-state index in [2.05, 4.69) is 220 Å². The molecule has 0 aromatic heterocycles. The maximum Gasteiger partial charge on any atom is 0.0159 e. The lowest BCUT2D eigenvalue weighted by atomic mass is 9.80. The molecule has 13 rings (SSSR count). The maximum absolute atomic E-state index is 2.48. The molecule has 284 valence electrons. The molecule has 0 atom stereocenters. The number of benzene rings is 12. The summed E-state index contributed by atoms with van der Waals surface area (Å²) in [6.07, 6.45) is 0. The van der Waals surface area contributed by atoms with E-state index in [4.69, 9.17) is 0 Å². The highest BCUT2D eigenvalue weighted by Gasteiger charge is 2.36. The van der Waals surface area contributed by atoms with Crippen LogP contribution in [-0.2, 0) is 5.41 Å². The van der Waals surface area contributed by atoms with Crippen LogP contribution in [0.3, 0.4) is 0 Å². The van der Waals surface area contributed by atoms with Crippen LogP contribution < -0.4 is 0 Å². The van der Waals surface area contributed by atoms with Crippen LogP contribution in [-0.4, -0.2) is 0 Å². The SMILES string of the molecule is CC1(C)c2cc(-c3cccc4c(-c5cc6c7ccccc7c7ccccc7c6c6ccccc56)cccc34)ccc2-c2ccc(-c3cc4ccccc4c4ccccc34)cc21. The lowest BCUT2D eigenvalue weighted by Gasteiger charge is -2.23. The first-order valence-electron chi connectivity index (χ1n) is 21.5. The first-order valence-corrected chi connectivity index (χ1v) is 21.5. The second-order valence-electron chi connectivity index (χ2n) is 17.5. The minimum atomic E-state index is -0.171. The van der Waals surface area contributed by atoms with E-state index in [-0.39, 0.29) is 5.41 Å². The lowest BCUT2D eigenvalue weighted by Crippen LogP contribution is -2.15. The van der Waals surface area contributed by atoms with Gasteiger partial charge in [-0.1, -0.05) is 196 Å². The van der Waals surface area contributed by atoms with Crippen molar-refractivity contribution in [1.29, 1.82) is 0 Å². The smallest absolute Gasteiger partial charge is 0.0159 e. The molecule has 0 unspecified atom stereocenters. The van der Waals surface area contributed by atoms with E-state index < -0.39 is 0 Å². The first kappa shape index (κ1) is 34.3. The Morgan fingerprint density at radius 2 is 0.656 bits per heavy atom. The average Bonchev–Trinajstić information content (AvgIpc) is 3.55. The summed E-state index contributed by atoms with van der Waals surface area (Å²) >= 11 is 0. The van der Waals surface area contributed by atoms with Crippen LogP contribution in [0.15, 0.2) is 206 Å². The fourth-order valence-corrected chi connectivity index (χ4v) is 11.2. The number of rotatable bonds is 3. The molecule has 0 saturated carbocycles. The van der Waals surface area contributed by atoms with Crippen molar-refractivity contribution in [3.63, 3.8) is 0 Å². The fraction of sp³-hybridized carbons (Fsp3) is 0.0492. The van der Waals surface area contributed by atoms with Crippen LogP contribution in [0.25, 0.3) is 120 Å². The molecule has 0 heteroatoms. The van der Waals surface area contributed by atoms with E-state index in [9.17, 15) is 0 Å². The number of fused-ring (bicyclic) bond motifs is 15. The maximum atomic E-state index is 2.48. The van der Waals surface area contributed by atoms with Crippen molar-refractivity contribution < 1.29 is 0 Å². The summed E-state index contributed by atoms with van der Waals surface area (Å²) in [5, 5.41) is 18.1. The molecule has 1 aliphatic rings. The Balaban J connectivity index is 0.963. The number of hydrogen-bond acceptors (Lipinski definition) is 0. The van der Waals surface area contributed by atoms with E-state index >= 15 is 0 Å². The topological polar surface area (TPSA) is 0 Å². The zero-order valence-electron chi connectivity index (χ0n) is 34.1. The summed E-state index contributed by atoms with van der Waals surface area (Å²) in [4.78, 5) is 0. The van der Waals surface area contributed by atoms with E-state index in [0.717, 1.165) is 0 Å². The van der Waals surface area contributed by atoms with Gasteiger partial charge >= 0.3 is 0 Å². The number of hydrogen-bond donors (Lipinski definition) is 0. The Morgan fingerprint density at radius 3 is 1.30 bits per heavy atom. The van der Waals surface area contributed by atoms with Gasteiger partial charge in [0, 0.05) is 5.41 Å². The van der Waals surface area contributed by atoms with Crippen LogP contribution in [0.2, 0.25) is 0 Å². The Morgan fingerprint density at radius 1 is 0.246 bits per heavy atom. The van der Waals surface area contributed by atoms with Crippen molar-refractivity contribution in [2.75, 3.05) is 0 Å². The third kappa shape index (κ3) is 4.88. The summed E-state index contributed by atoms with van der Waals surface area (Å²) in [5.41, 5.74) is 12.9. The molecule has 0 heterocycles. The van der Waals surface area contributed by atoms with Gasteiger partial charge in [0.05, 0.1) is 0 Å². The van der Waals surface area contributed by atoms with Crippen LogP contribution in [0.5, 0.6) is 0 Å². The normalized spacial score (nSPS) is 13.2. The molecule has 12 aromatic rings. The third-order valence-corrected chi connectivity index (χ3v) is 14.0. The highest BCUT2D eigenvalue weighted by atomic mass is 14.4. The summed E-state index contributed by atoms with van der Waals surface area (Å²) < 4.78 is 0. The van der Waals surface area contributed by atoms with Gasteiger partial charge in [0.15, 0.2) is 0 Å². The second kappa shape index (κ2) is 12.7. The van der Waals surface area contributed by atoms with Crippen molar-refractivity contribution in [2.24, 2.45) is 0 Å². The van der Waals surface area contributed by atoms with Gasteiger partial charge in [0.2, 0.25) is 0 Å². The van der Waals surface area contributed by atoms with Gasteiger partial charge in [0.25, 0.3) is 0 Å². The highest BCUT2D eigenvalue weighted by Crippen LogP contribution is 2.52. The van der Waals surface area contributed by atoms with Gasteiger partial charge < -0.3 is 0 Å². The van der Waals surface area contributed by atoms with E-state index in [1.165, 1.54) is 131 Å². The van der Waals surface area contributed by atoms with Crippen LogP contribution in [0.4, 0.5) is 0 Å². The van der Waals surface area contributed by atoms with Crippen LogP contribution in [0.1, 0.15) is 25.0 Å². The van der Waals surface area contributed by atoms with Crippen molar-refractivity contribution in [2.45, 2.75) is 19.3 Å². The van der Waals surface area contributed by atoms with Gasteiger partial charge in [-0.3, -0.25) is 0 Å². The predicted octanol–water partition coefficient (Wildman–Crippen LogP) is 17.1.